The average molecular weight is 312 g/mol. The molecule has 2 N–H and O–H groups in total. The maximum absolute atomic E-state index is 11.8. The maximum atomic E-state index is 11.8. The number of carbonyl (C=O) groups excluding carboxylic acids is 1. The van der Waals surface area contributed by atoms with Gasteiger partial charge in [0.05, 0.1) is 17.6 Å². The Labute approximate surface area is 113 Å². The molecule has 1 aromatic carbocycles. The van der Waals surface area contributed by atoms with Gasteiger partial charge in [0, 0.05) is 4.47 Å². The molecule has 1 unspecified atom stereocenters. The molecule has 0 aliphatic rings. The summed E-state index contributed by atoms with van der Waals surface area (Å²) in [5, 5.41) is 0. The number of halogens is 1. The van der Waals surface area contributed by atoms with Crippen LogP contribution in [0.15, 0.2) is 22.7 Å². The molecule has 0 aliphatic heterocycles. The molecule has 96 valence electrons. The number of esters is 1. The van der Waals surface area contributed by atoms with E-state index in [4.69, 9.17) is 10.5 Å². The standard InChI is InChI=1S/C12H14BrN3O2/c1-3-18-11(17)7(2)16-10-6-8(13)4-5-9(10)15-12(16)14/h4-7H,3H2,1-2H3,(H2,14,15). The highest BCUT2D eigenvalue weighted by Crippen LogP contribution is 2.26. The lowest BCUT2D eigenvalue weighted by Gasteiger charge is -2.14. The Kier molecular flexibility index (Phi) is 3.56. The number of fused-ring (bicyclic) bond motifs is 1. The molecule has 0 saturated heterocycles. The third-order valence-corrected chi connectivity index (χ3v) is 3.19. The van der Waals surface area contributed by atoms with E-state index < -0.39 is 6.04 Å². The molecule has 0 radical (unpaired) electrons. The van der Waals surface area contributed by atoms with E-state index in [-0.39, 0.29) is 5.97 Å². The van der Waals surface area contributed by atoms with Crippen molar-refractivity contribution in [3.63, 3.8) is 0 Å². The number of nitrogen functional groups attached to an aromatic ring is 1. The second-order valence-electron chi connectivity index (χ2n) is 3.90. The van der Waals surface area contributed by atoms with Gasteiger partial charge in [0.15, 0.2) is 0 Å². The smallest absolute Gasteiger partial charge is 0.328 e. The van der Waals surface area contributed by atoms with Gasteiger partial charge in [-0.15, -0.1) is 0 Å². The number of rotatable bonds is 3. The van der Waals surface area contributed by atoms with Gasteiger partial charge in [-0.05, 0) is 32.0 Å². The summed E-state index contributed by atoms with van der Waals surface area (Å²) in [5.74, 6) is -0.00729. The molecule has 5 nitrogen and oxygen atoms in total. The largest absolute Gasteiger partial charge is 0.464 e. The molecule has 0 aliphatic carbocycles. The van der Waals surface area contributed by atoms with Crippen LogP contribution in [0.3, 0.4) is 0 Å². The minimum absolute atomic E-state index is 0.309. The minimum atomic E-state index is -0.496. The number of nitrogens with two attached hydrogens (primary N) is 1. The van der Waals surface area contributed by atoms with E-state index in [9.17, 15) is 4.79 Å². The maximum Gasteiger partial charge on any atom is 0.328 e. The van der Waals surface area contributed by atoms with Crippen molar-refractivity contribution in [1.29, 1.82) is 0 Å². The summed E-state index contributed by atoms with van der Waals surface area (Å²) in [6, 6.07) is 5.12. The fourth-order valence-electron chi connectivity index (χ4n) is 1.86. The van der Waals surface area contributed by atoms with Crippen molar-refractivity contribution in [3.05, 3.63) is 22.7 Å². The fourth-order valence-corrected chi connectivity index (χ4v) is 2.21. The zero-order valence-corrected chi connectivity index (χ0v) is 11.8. The Morgan fingerprint density at radius 3 is 3.00 bits per heavy atom. The van der Waals surface area contributed by atoms with Crippen LogP contribution in [0.1, 0.15) is 19.9 Å². The van der Waals surface area contributed by atoms with Crippen molar-refractivity contribution >= 4 is 38.9 Å². The Bertz CT molecular complexity index is 594. The van der Waals surface area contributed by atoms with Crippen LogP contribution in [0.4, 0.5) is 5.95 Å². The van der Waals surface area contributed by atoms with E-state index in [0.29, 0.717) is 12.6 Å². The quantitative estimate of drug-likeness (QED) is 0.884. The molecule has 0 bridgehead atoms. The highest BCUT2D eigenvalue weighted by atomic mass is 79.9. The van der Waals surface area contributed by atoms with Crippen molar-refractivity contribution in [1.82, 2.24) is 9.55 Å². The first-order valence-corrected chi connectivity index (χ1v) is 6.43. The number of hydrogen-bond donors (Lipinski definition) is 1. The van der Waals surface area contributed by atoms with Gasteiger partial charge in [-0.3, -0.25) is 4.57 Å². The second-order valence-corrected chi connectivity index (χ2v) is 4.82. The number of imidazole rings is 1. The van der Waals surface area contributed by atoms with Crippen LogP contribution in [0, 0.1) is 0 Å². The summed E-state index contributed by atoms with van der Waals surface area (Å²) >= 11 is 3.39. The van der Waals surface area contributed by atoms with Crippen LogP contribution in [0.5, 0.6) is 0 Å². The summed E-state index contributed by atoms with van der Waals surface area (Å²) < 4.78 is 7.59. The first-order chi connectivity index (χ1) is 8.54. The topological polar surface area (TPSA) is 70.1 Å². The zero-order chi connectivity index (χ0) is 13.3. The van der Waals surface area contributed by atoms with E-state index in [1.54, 1.807) is 18.4 Å². The lowest BCUT2D eigenvalue weighted by molar-refractivity contribution is -0.146. The number of hydrogen-bond acceptors (Lipinski definition) is 4. The van der Waals surface area contributed by atoms with Crippen LogP contribution in [-0.2, 0) is 9.53 Å². The first-order valence-electron chi connectivity index (χ1n) is 5.64. The van der Waals surface area contributed by atoms with E-state index in [2.05, 4.69) is 20.9 Å². The molecule has 2 rings (SSSR count). The molecular formula is C12H14BrN3O2. The molecular weight excluding hydrogens is 298 g/mol. The number of nitrogens with zero attached hydrogens (tertiary/aromatic N) is 2. The summed E-state index contributed by atoms with van der Waals surface area (Å²) in [7, 11) is 0. The van der Waals surface area contributed by atoms with E-state index in [1.165, 1.54) is 0 Å². The van der Waals surface area contributed by atoms with Crippen LogP contribution < -0.4 is 5.73 Å². The highest BCUT2D eigenvalue weighted by Gasteiger charge is 2.21. The number of benzene rings is 1. The van der Waals surface area contributed by atoms with E-state index >= 15 is 0 Å². The third-order valence-electron chi connectivity index (χ3n) is 2.69. The van der Waals surface area contributed by atoms with Gasteiger partial charge < -0.3 is 10.5 Å². The minimum Gasteiger partial charge on any atom is -0.464 e. The second kappa shape index (κ2) is 4.97. The predicted molar refractivity (Wildman–Crippen MR) is 73.2 cm³/mol. The molecule has 18 heavy (non-hydrogen) atoms. The molecule has 2 aromatic rings. The molecule has 1 aromatic heterocycles. The number of anilines is 1. The van der Waals surface area contributed by atoms with Gasteiger partial charge >= 0.3 is 5.97 Å². The Balaban J connectivity index is 2.52. The highest BCUT2D eigenvalue weighted by molar-refractivity contribution is 9.10. The van der Waals surface area contributed by atoms with Crippen LogP contribution in [0.2, 0.25) is 0 Å². The molecule has 1 heterocycles. The predicted octanol–water partition coefficient (Wildman–Crippen LogP) is 2.51. The van der Waals surface area contributed by atoms with Crippen molar-refractivity contribution < 1.29 is 9.53 Å². The molecule has 1 atom stereocenters. The Morgan fingerprint density at radius 1 is 1.61 bits per heavy atom. The van der Waals surface area contributed by atoms with E-state index in [1.807, 2.05) is 18.2 Å². The third kappa shape index (κ3) is 2.20. The van der Waals surface area contributed by atoms with Crippen LogP contribution in [0.25, 0.3) is 11.0 Å². The van der Waals surface area contributed by atoms with Gasteiger partial charge in [0.25, 0.3) is 0 Å². The van der Waals surface area contributed by atoms with Crippen molar-refractivity contribution in [2.45, 2.75) is 19.9 Å². The molecule has 6 heteroatoms. The van der Waals surface area contributed by atoms with Crippen molar-refractivity contribution in [2.24, 2.45) is 0 Å². The van der Waals surface area contributed by atoms with Crippen LogP contribution in [-0.4, -0.2) is 22.1 Å². The van der Waals surface area contributed by atoms with Crippen molar-refractivity contribution in [3.8, 4) is 0 Å². The normalized spacial score (nSPS) is 12.6. The van der Waals surface area contributed by atoms with Crippen molar-refractivity contribution in [2.75, 3.05) is 12.3 Å². The van der Waals surface area contributed by atoms with Gasteiger partial charge in [-0.25, -0.2) is 9.78 Å². The van der Waals surface area contributed by atoms with Gasteiger partial charge in [0.1, 0.15) is 6.04 Å². The molecule has 0 spiro atoms. The summed E-state index contributed by atoms with van der Waals surface area (Å²) in [6.45, 7) is 3.87. The monoisotopic (exact) mass is 311 g/mol. The zero-order valence-electron chi connectivity index (χ0n) is 10.2. The SMILES string of the molecule is CCOC(=O)C(C)n1c(N)nc2ccc(Br)cc21. The molecule has 0 amide bonds. The van der Waals surface area contributed by atoms with E-state index in [0.717, 1.165) is 15.5 Å². The Hall–Kier alpha value is -1.56. The average Bonchev–Trinajstić information content (AvgIpc) is 2.64. The number of aromatic nitrogens is 2. The lowest BCUT2D eigenvalue weighted by atomic mass is 10.3. The number of ether oxygens (including phenoxy) is 1. The summed E-state index contributed by atoms with van der Waals surface area (Å²) in [6.07, 6.45) is 0. The fraction of sp³-hybridized carbons (Fsp3) is 0.333. The van der Waals surface area contributed by atoms with Gasteiger partial charge in [-0.2, -0.15) is 0 Å². The summed E-state index contributed by atoms with van der Waals surface area (Å²) in [4.78, 5) is 16.0. The van der Waals surface area contributed by atoms with Crippen LogP contribution >= 0.6 is 15.9 Å². The Morgan fingerprint density at radius 2 is 2.33 bits per heavy atom. The van der Waals surface area contributed by atoms with Gasteiger partial charge in [-0.1, -0.05) is 15.9 Å². The lowest BCUT2D eigenvalue weighted by Crippen LogP contribution is -2.20. The van der Waals surface area contributed by atoms with Gasteiger partial charge in [0.2, 0.25) is 5.95 Å². The summed E-state index contributed by atoms with van der Waals surface area (Å²) in [5.41, 5.74) is 7.43. The number of carbonyl (C=O) groups is 1. The molecule has 0 saturated carbocycles. The molecule has 0 fully saturated rings. The first kappa shape index (κ1) is 12.9.